The summed E-state index contributed by atoms with van der Waals surface area (Å²) in [5.74, 6) is 7.28. The van der Waals surface area contributed by atoms with Crippen molar-refractivity contribution in [3.8, 4) is 0 Å². The summed E-state index contributed by atoms with van der Waals surface area (Å²) in [6.45, 7) is -0.208. The number of nitrogens with zero attached hydrogens (tertiary/aromatic N) is 2. The summed E-state index contributed by atoms with van der Waals surface area (Å²) in [6, 6.07) is 1.98. The van der Waals surface area contributed by atoms with E-state index in [4.69, 9.17) is 11.6 Å². The van der Waals surface area contributed by atoms with Crippen molar-refractivity contribution < 1.29 is 8.78 Å². The Morgan fingerprint density at radius 3 is 2.71 bits per heavy atom. The van der Waals surface area contributed by atoms with E-state index >= 15 is 0 Å². The lowest BCUT2D eigenvalue weighted by Crippen LogP contribution is -2.33. The molecule has 1 aliphatic carbocycles. The summed E-state index contributed by atoms with van der Waals surface area (Å²) >= 11 is 0. The normalized spacial score (nSPS) is 19.8. The number of allylic oxidation sites excluding steroid dienone is 1. The molecule has 0 unspecified atom stereocenters. The van der Waals surface area contributed by atoms with Crippen LogP contribution >= 0.6 is 0 Å². The van der Waals surface area contributed by atoms with E-state index in [1.165, 1.54) is 39.2 Å². The van der Waals surface area contributed by atoms with Crippen molar-refractivity contribution in [2.24, 2.45) is 22.5 Å². The van der Waals surface area contributed by atoms with E-state index in [0.29, 0.717) is 5.92 Å². The third kappa shape index (κ3) is 4.55. The lowest BCUT2D eigenvalue weighted by molar-refractivity contribution is 0.149. The summed E-state index contributed by atoms with van der Waals surface area (Å²) in [5, 5.41) is 3.86. The van der Waals surface area contributed by atoms with Gasteiger partial charge in [-0.25, -0.2) is 19.6 Å². The van der Waals surface area contributed by atoms with Crippen LogP contribution in [0.3, 0.4) is 0 Å². The van der Waals surface area contributed by atoms with E-state index in [1.807, 2.05) is 12.3 Å². The number of fused-ring (bicyclic) bond motifs is 1. The first kappa shape index (κ1) is 18.4. The Bertz CT molecular complexity index is 575. The Morgan fingerprint density at radius 2 is 2.12 bits per heavy atom. The molecule has 2 heterocycles. The molecule has 2 aliphatic rings. The van der Waals surface area contributed by atoms with Crippen LogP contribution in [0, 0.1) is 5.92 Å². The molecule has 0 radical (unpaired) electrons. The second-order valence-corrected chi connectivity index (χ2v) is 5.98. The molecule has 3 rings (SSSR count). The molecule has 1 aliphatic heterocycles. The molecule has 0 amide bonds. The molecule has 8 heteroatoms. The second kappa shape index (κ2) is 8.79. The van der Waals surface area contributed by atoms with E-state index in [0.717, 1.165) is 22.8 Å². The van der Waals surface area contributed by atoms with Gasteiger partial charge in [0.05, 0.1) is 12.2 Å². The van der Waals surface area contributed by atoms with E-state index in [2.05, 4.69) is 15.3 Å². The van der Waals surface area contributed by atoms with Gasteiger partial charge >= 0.3 is 0 Å². The van der Waals surface area contributed by atoms with E-state index < -0.39 is 6.43 Å². The fourth-order valence-electron chi connectivity index (χ4n) is 3.04. The second-order valence-electron chi connectivity index (χ2n) is 5.98. The summed E-state index contributed by atoms with van der Waals surface area (Å²) in [6.07, 6.45) is 7.45. The number of hydrazine groups is 1. The maximum absolute atomic E-state index is 11.0. The molecule has 134 valence electrons. The number of nitrogens with two attached hydrogens (primary N) is 2. The Labute approximate surface area is 141 Å². The molecule has 1 aromatic heterocycles. The zero-order chi connectivity index (χ0) is 17.5. The van der Waals surface area contributed by atoms with Crippen LogP contribution in [-0.4, -0.2) is 36.3 Å². The van der Waals surface area contributed by atoms with Crippen LogP contribution in [0.5, 0.6) is 0 Å². The number of halogens is 2. The van der Waals surface area contributed by atoms with Crippen LogP contribution in [0.25, 0.3) is 5.70 Å². The average Bonchev–Trinajstić information content (AvgIpc) is 3.04. The lowest BCUT2D eigenvalue weighted by Gasteiger charge is -2.28. The van der Waals surface area contributed by atoms with Gasteiger partial charge in [-0.15, -0.1) is 0 Å². The molecule has 24 heavy (non-hydrogen) atoms. The van der Waals surface area contributed by atoms with E-state index in [1.54, 1.807) is 11.3 Å². The van der Waals surface area contributed by atoms with Crippen LogP contribution < -0.4 is 16.9 Å². The Morgan fingerprint density at radius 1 is 1.42 bits per heavy atom. The van der Waals surface area contributed by atoms with Crippen LogP contribution in [0.15, 0.2) is 23.0 Å². The molecule has 0 atom stereocenters. The van der Waals surface area contributed by atoms with Crippen LogP contribution in [0.2, 0.25) is 0 Å². The first-order valence-electron chi connectivity index (χ1n) is 8.22. The topological polar surface area (TPSA) is 95.5 Å². The minimum atomic E-state index is -2.21. The third-order valence-corrected chi connectivity index (χ3v) is 4.23. The van der Waals surface area contributed by atoms with Gasteiger partial charge in [-0.05, 0) is 26.0 Å². The average molecular weight is 340 g/mol. The Kier molecular flexibility index (Phi) is 6.74. The molecule has 6 nitrogen and oxygen atoms in total. The van der Waals surface area contributed by atoms with Crippen molar-refractivity contribution in [1.82, 2.24) is 15.3 Å². The van der Waals surface area contributed by atoms with Crippen molar-refractivity contribution >= 4 is 17.9 Å². The number of H-pyrrole nitrogens is 1. The van der Waals surface area contributed by atoms with Crippen LogP contribution in [0.4, 0.5) is 14.6 Å². The highest BCUT2D eigenvalue weighted by Crippen LogP contribution is 2.36. The standard InChI is InChI=1S/C13H19N5.C3H7F2N/c14-11(9-4-2-1-3-5-9)12-10-6-7-16-13(10)17-8-18(12)15;1-6-2-3(4)5/h6-9,16H,1-5,14-15H2;3,6H,2H2,1H3/b12-11-;. The minimum Gasteiger partial charge on any atom is -0.400 e. The highest BCUT2D eigenvalue weighted by Gasteiger charge is 2.25. The van der Waals surface area contributed by atoms with Gasteiger partial charge in [0.25, 0.3) is 6.43 Å². The number of aliphatic imine (C=N–C) groups is 1. The highest BCUT2D eigenvalue weighted by atomic mass is 19.3. The monoisotopic (exact) mass is 340 g/mol. The first-order chi connectivity index (χ1) is 11.5. The smallest absolute Gasteiger partial charge is 0.250 e. The number of aromatic nitrogens is 1. The SMILES string of the molecule is CNCC(F)F.N/C(=C1/c2cc[nH]c2N=CN1N)C1CCCCC1. The van der Waals surface area contributed by atoms with Crippen LogP contribution in [-0.2, 0) is 0 Å². The zero-order valence-electron chi connectivity index (χ0n) is 13.9. The molecule has 0 aromatic carbocycles. The van der Waals surface area contributed by atoms with Gasteiger partial charge in [0.15, 0.2) is 0 Å². The first-order valence-corrected chi connectivity index (χ1v) is 8.22. The largest absolute Gasteiger partial charge is 0.400 e. The van der Waals surface area contributed by atoms with E-state index in [-0.39, 0.29) is 6.54 Å². The molecule has 0 spiro atoms. The number of hydrogen-bond donors (Lipinski definition) is 4. The van der Waals surface area contributed by atoms with E-state index in [9.17, 15) is 8.78 Å². The van der Waals surface area contributed by atoms with Gasteiger partial charge in [-0.3, -0.25) is 5.01 Å². The number of nitrogens with one attached hydrogen (secondary N) is 2. The fourth-order valence-corrected chi connectivity index (χ4v) is 3.04. The van der Waals surface area contributed by atoms with Gasteiger partial charge in [-0.1, -0.05) is 19.3 Å². The molecule has 6 N–H and O–H groups in total. The molecule has 0 saturated heterocycles. The van der Waals surface area contributed by atoms with Crippen molar-refractivity contribution in [2.75, 3.05) is 13.6 Å². The van der Waals surface area contributed by atoms with Crippen molar-refractivity contribution in [3.63, 3.8) is 0 Å². The zero-order valence-corrected chi connectivity index (χ0v) is 13.9. The molecule has 1 saturated carbocycles. The maximum atomic E-state index is 11.0. The highest BCUT2D eigenvalue weighted by molar-refractivity contribution is 5.86. The summed E-state index contributed by atoms with van der Waals surface area (Å²) in [5.41, 5.74) is 9.19. The molecule has 0 bridgehead atoms. The van der Waals surface area contributed by atoms with Gasteiger partial charge in [0.1, 0.15) is 12.2 Å². The summed E-state index contributed by atoms with van der Waals surface area (Å²) < 4.78 is 21.9. The predicted molar refractivity (Wildman–Crippen MR) is 92.6 cm³/mol. The quantitative estimate of drug-likeness (QED) is 0.636. The van der Waals surface area contributed by atoms with Gasteiger partial charge in [0, 0.05) is 23.4 Å². The van der Waals surface area contributed by atoms with Crippen molar-refractivity contribution in [1.29, 1.82) is 0 Å². The predicted octanol–water partition coefficient (Wildman–Crippen LogP) is 2.54. The van der Waals surface area contributed by atoms with Crippen molar-refractivity contribution in [3.05, 3.63) is 23.5 Å². The number of alkyl halides is 2. The van der Waals surface area contributed by atoms with Crippen LogP contribution in [0.1, 0.15) is 37.7 Å². The fraction of sp³-hybridized carbons (Fsp3) is 0.562. The lowest BCUT2D eigenvalue weighted by atomic mass is 9.85. The maximum Gasteiger partial charge on any atom is 0.250 e. The summed E-state index contributed by atoms with van der Waals surface area (Å²) in [7, 11) is 1.49. The van der Waals surface area contributed by atoms with Gasteiger partial charge in [0.2, 0.25) is 0 Å². The number of rotatable bonds is 3. The minimum absolute atomic E-state index is 0.208. The molecule has 1 fully saturated rings. The number of hydrogen-bond acceptors (Lipinski definition) is 5. The Hall–Kier alpha value is -1.93. The molecule has 1 aromatic rings. The third-order valence-electron chi connectivity index (χ3n) is 4.23. The molecular weight excluding hydrogens is 314 g/mol. The Balaban J connectivity index is 0.000000301. The van der Waals surface area contributed by atoms with Gasteiger partial charge in [-0.2, -0.15) is 0 Å². The van der Waals surface area contributed by atoms with Gasteiger partial charge < -0.3 is 16.0 Å². The molecular formula is C16H26F2N6. The van der Waals surface area contributed by atoms with Crippen molar-refractivity contribution in [2.45, 2.75) is 38.5 Å². The summed E-state index contributed by atoms with van der Waals surface area (Å²) in [4.78, 5) is 7.34. The number of aromatic amines is 1.